The van der Waals surface area contributed by atoms with E-state index in [1.54, 1.807) is 18.3 Å². The van der Waals surface area contributed by atoms with Crippen LogP contribution in [-0.4, -0.2) is 16.5 Å². The number of rotatable bonds is 4. The molecular weight excluding hydrogens is 218 g/mol. The fourth-order valence-corrected chi connectivity index (χ4v) is 1.12. The summed E-state index contributed by atoms with van der Waals surface area (Å²) in [5.74, 6) is 0. The van der Waals surface area contributed by atoms with Gasteiger partial charge in [-0.3, -0.25) is 10.1 Å². The van der Waals surface area contributed by atoms with Gasteiger partial charge in [0.25, 0.3) is 0 Å². The number of hydrogen-bond acceptors (Lipinski definition) is 4. The van der Waals surface area contributed by atoms with Crippen LogP contribution < -0.4 is 5.73 Å². The summed E-state index contributed by atoms with van der Waals surface area (Å²) in [5, 5.41) is 10.5. The minimum absolute atomic E-state index is 0.257. The molecule has 0 radical (unpaired) electrons. The second kappa shape index (κ2) is 5.31. The van der Waals surface area contributed by atoms with Crippen LogP contribution in [0.4, 0.5) is 0 Å². The van der Waals surface area contributed by atoms with Gasteiger partial charge in [-0.05, 0) is 11.6 Å². The average Bonchev–Trinajstić information content (AvgIpc) is 2.19. The third kappa shape index (κ3) is 4.42. The van der Waals surface area contributed by atoms with Gasteiger partial charge in [0.2, 0.25) is 6.54 Å². The van der Waals surface area contributed by atoms with E-state index in [2.05, 4.69) is 4.98 Å². The highest BCUT2D eigenvalue weighted by Gasteiger charge is 1.98. The Balaban J connectivity index is 2.58. The van der Waals surface area contributed by atoms with E-state index in [1.165, 1.54) is 6.08 Å². The molecule has 2 N–H and O–H groups in total. The van der Waals surface area contributed by atoms with Crippen LogP contribution in [0.2, 0.25) is 5.15 Å². The lowest BCUT2D eigenvalue weighted by atomic mass is 10.1. The molecule has 0 aliphatic heterocycles. The van der Waals surface area contributed by atoms with Crippen molar-refractivity contribution in [2.24, 2.45) is 5.73 Å². The van der Waals surface area contributed by atoms with Gasteiger partial charge in [0, 0.05) is 29.3 Å². The normalized spacial score (nSPS) is 11.4. The molecule has 6 heteroatoms. The van der Waals surface area contributed by atoms with Crippen molar-refractivity contribution in [1.29, 1.82) is 0 Å². The van der Waals surface area contributed by atoms with E-state index >= 15 is 0 Å². The summed E-state index contributed by atoms with van der Waals surface area (Å²) >= 11 is 5.60. The molecule has 0 saturated carbocycles. The van der Waals surface area contributed by atoms with Gasteiger partial charge in [0.15, 0.2) is 0 Å². The summed E-state index contributed by atoms with van der Waals surface area (Å²) in [7, 11) is 0. The van der Waals surface area contributed by atoms with Crippen molar-refractivity contribution in [3.05, 3.63) is 50.9 Å². The molecule has 0 spiro atoms. The number of nitrogens with two attached hydrogens (primary N) is 1. The van der Waals surface area contributed by atoms with E-state index < -0.39 is 4.92 Å². The van der Waals surface area contributed by atoms with Crippen molar-refractivity contribution in [3.63, 3.8) is 0 Å². The molecule has 15 heavy (non-hydrogen) atoms. The molecular formula is C9H10ClN3O2. The number of pyridine rings is 1. The van der Waals surface area contributed by atoms with E-state index in [0.717, 1.165) is 5.56 Å². The molecule has 0 fully saturated rings. The lowest BCUT2D eigenvalue weighted by Crippen LogP contribution is -2.06. The van der Waals surface area contributed by atoms with Crippen LogP contribution in [-0.2, 0) is 6.42 Å². The van der Waals surface area contributed by atoms with E-state index in [4.69, 9.17) is 17.3 Å². The molecule has 5 nitrogen and oxygen atoms in total. The summed E-state index contributed by atoms with van der Waals surface area (Å²) in [5.41, 5.74) is 6.91. The van der Waals surface area contributed by atoms with Crippen molar-refractivity contribution < 1.29 is 4.92 Å². The second-order valence-corrected chi connectivity index (χ2v) is 3.35. The third-order valence-corrected chi connectivity index (χ3v) is 1.92. The van der Waals surface area contributed by atoms with Gasteiger partial charge in [-0.1, -0.05) is 17.7 Å². The first-order valence-electron chi connectivity index (χ1n) is 4.24. The van der Waals surface area contributed by atoms with Crippen LogP contribution in [0, 0.1) is 10.1 Å². The minimum atomic E-state index is -0.438. The standard InChI is InChI=1S/C9H10ClN3O2/c10-9-2-1-7(6-12-9)5-8(11)3-4-13(14)15/h1-3,6H,4-5,11H2/b8-3-. The first kappa shape index (κ1) is 11.5. The lowest BCUT2D eigenvalue weighted by Gasteiger charge is -2.00. The predicted molar refractivity (Wildman–Crippen MR) is 57.1 cm³/mol. The van der Waals surface area contributed by atoms with Crippen molar-refractivity contribution in [3.8, 4) is 0 Å². The summed E-state index contributed by atoms with van der Waals surface area (Å²) in [6, 6.07) is 3.43. The molecule has 0 bridgehead atoms. The number of nitrogens with zero attached hydrogens (tertiary/aromatic N) is 2. The molecule has 80 valence electrons. The van der Waals surface area contributed by atoms with Crippen molar-refractivity contribution in [2.75, 3.05) is 6.54 Å². The Labute approximate surface area is 91.7 Å². The number of halogens is 1. The maximum Gasteiger partial charge on any atom is 0.224 e. The number of aromatic nitrogens is 1. The Morgan fingerprint density at radius 2 is 2.40 bits per heavy atom. The quantitative estimate of drug-likeness (QED) is 0.479. The molecule has 0 unspecified atom stereocenters. The van der Waals surface area contributed by atoms with E-state index in [0.29, 0.717) is 17.3 Å². The predicted octanol–water partition coefficient (Wildman–Crippen LogP) is 1.40. The topological polar surface area (TPSA) is 82.0 Å². The Morgan fingerprint density at radius 1 is 1.67 bits per heavy atom. The molecule has 1 rings (SSSR count). The largest absolute Gasteiger partial charge is 0.402 e. The molecule has 0 aromatic carbocycles. The highest BCUT2D eigenvalue weighted by Crippen LogP contribution is 2.07. The minimum Gasteiger partial charge on any atom is -0.402 e. The lowest BCUT2D eigenvalue weighted by molar-refractivity contribution is -0.468. The zero-order valence-electron chi connectivity index (χ0n) is 7.89. The molecule has 1 heterocycles. The van der Waals surface area contributed by atoms with Crippen LogP contribution in [0.1, 0.15) is 5.56 Å². The van der Waals surface area contributed by atoms with Crippen molar-refractivity contribution in [1.82, 2.24) is 4.98 Å². The van der Waals surface area contributed by atoms with E-state index in [9.17, 15) is 10.1 Å². The van der Waals surface area contributed by atoms with Gasteiger partial charge in [-0.25, -0.2) is 4.98 Å². The van der Waals surface area contributed by atoms with Crippen LogP contribution in [0.15, 0.2) is 30.1 Å². The Bertz CT molecular complexity index is 375. The SMILES string of the molecule is N/C(=C\C[N+](=O)[O-])Cc1ccc(Cl)nc1. The maximum atomic E-state index is 10.1. The van der Waals surface area contributed by atoms with E-state index in [-0.39, 0.29) is 6.54 Å². The molecule has 0 aliphatic carbocycles. The first-order valence-corrected chi connectivity index (χ1v) is 4.62. The van der Waals surface area contributed by atoms with Crippen LogP contribution in [0.3, 0.4) is 0 Å². The Morgan fingerprint density at radius 3 is 2.93 bits per heavy atom. The van der Waals surface area contributed by atoms with Crippen molar-refractivity contribution >= 4 is 11.6 Å². The van der Waals surface area contributed by atoms with Gasteiger partial charge in [-0.15, -0.1) is 0 Å². The molecule has 0 aliphatic rings. The number of nitro groups is 1. The molecule has 0 atom stereocenters. The van der Waals surface area contributed by atoms with Crippen LogP contribution in [0.25, 0.3) is 0 Å². The summed E-state index contributed by atoms with van der Waals surface area (Å²) < 4.78 is 0. The maximum absolute atomic E-state index is 10.1. The zero-order valence-corrected chi connectivity index (χ0v) is 8.65. The number of allylic oxidation sites excluding steroid dienone is 1. The molecule has 1 aromatic rings. The first-order chi connectivity index (χ1) is 7.08. The summed E-state index contributed by atoms with van der Waals surface area (Å²) in [4.78, 5) is 13.5. The van der Waals surface area contributed by atoms with Crippen LogP contribution >= 0.6 is 11.6 Å². The van der Waals surface area contributed by atoms with Gasteiger partial charge < -0.3 is 5.73 Å². The van der Waals surface area contributed by atoms with E-state index in [1.807, 2.05) is 0 Å². The zero-order chi connectivity index (χ0) is 11.3. The fraction of sp³-hybridized carbons (Fsp3) is 0.222. The van der Waals surface area contributed by atoms with Gasteiger partial charge in [-0.2, -0.15) is 0 Å². The van der Waals surface area contributed by atoms with Gasteiger partial charge in [0.05, 0.1) is 0 Å². The molecule has 0 amide bonds. The van der Waals surface area contributed by atoms with Gasteiger partial charge in [0.1, 0.15) is 5.15 Å². The molecule has 0 saturated heterocycles. The molecule has 1 aromatic heterocycles. The summed E-state index contributed by atoms with van der Waals surface area (Å²) in [6.07, 6.45) is 3.42. The van der Waals surface area contributed by atoms with Gasteiger partial charge >= 0.3 is 0 Å². The monoisotopic (exact) mass is 227 g/mol. The average molecular weight is 228 g/mol. The number of hydrogen-bond donors (Lipinski definition) is 1. The highest BCUT2D eigenvalue weighted by molar-refractivity contribution is 6.29. The van der Waals surface area contributed by atoms with Crippen LogP contribution in [0.5, 0.6) is 0 Å². The second-order valence-electron chi connectivity index (χ2n) is 2.96. The smallest absolute Gasteiger partial charge is 0.224 e. The third-order valence-electron chi connectivity index (χ3n) is 1.70. The van der Waals surface area contributed by atoms with Crippen molar-refractivity contribution in [2.45, 2.75) is 6.42 Å². The highest BCUT2D eigenvalue weighted by atomic mass is 35.5. The summed E-state index contributed by atoms with van der Waals surface area (Å²) in [6.45, 7) is -0.257. The Hall–Kier alpha value is -1.62. The fourth-order valence-electron chi connectivity index (χ4n) is 1.01. The Kier molecular flexibility index (Phi) is 4.05.